The number of nitrogens with zero attached hydrogens (tertiary/aromatic N) is 4. The van der Waals surface area contributed by atoms with Crippen molar-refractivity contribution in [2.24, 2.45) is 5.92 Å². The summed E-state index contributed by atoms with van der Waals surface area (Å²) in [6.45, 7) is 10.6. The Bertz CT molecular complexity index is 720. The molecule has 1 N–H and O–H groups in total. The highest BCUT2D eigenvalue weighted by Gasteiger charge is 2.22. The lowest BCUT2D eigenvalue weighted by molar-refractivity contribution is 0.138. The third kappa shape index (κ3) is 4.36. The van der Waals surface area contributed by atoms with Crippen molar-refractivity contribution in [1.29, 1.82) is 0 Å². The molecular weight excluding hydrogens is 318 g/mol. The zero-order valence-electron chi connectivity index (χ0n) is 15.0. The van der Waals surface area contributed by atoms with Crippen molar-refractivity contribution in [1.82, 2.24) is 19.9 Å². The highest BCUT2D eigenvalue weighted by atomic mass is 16.5. The van der Waals surface area contributed by atoms with Crippen LogP contribution in [-0.4, -0.2) is 58.7 Å². The van der Waals surface area contributed by atoms with Crippen LogP contribution in [0, 0.1) is 12.8 Å². The van der Waals surface area contributed by atoms with Crippen LogP contribution in [0.5, 0.6) is 0 Å². The first-order chi connectivity index (χ1) is 12.0. The number of carbonyl (C=O) groups excluding carboxylic acids is 1. The van der Waals surface area contributed by atoms with Gasteiger partial charge >= 0.3 is 6.03 Å². The third-order valence-corrected chi connectivity index (χ3v) is 4.22. The summed E-state index contributed by atoms with van der Waals surface area (Å²) in [6, 6.07) is 7.42. The second-order valence-electron chi connectivity index (χ2n) is 6.79. The van der Waals surface area contributed by atoms with Gasteiger partial charge in [-0.25, -0.2) is 4.79 Å². The molecule has 1 fully saturated rings. The summed E-state index contributed by atoms with van der Waals surface area (Å²) in [5.41, 5.74) is 1.45. The molecule has 1 aromatic carbocycles. The lowest BCUT2D eigenvalue weighted by Crippen LogP contribution is -2.50. The molecule has 134 valence electrons. The number of piperazine rings is 1. The molecule has 1 aliphatic heterocycles. The van der Waals surface area contributed by atoms with Crippen LogP contribution in [0.3, 0.4) is 0 Å². The minimum atomic E-state index is -0.0862. The maximum absolute atomic E-state index is 12.6. The molecular formula is C18H25N5O2. The number of para-hydroxylation sites is 1. The molecule has 25 heavy (non-hydrogen) atoms. The molecule has 2 amide bonds. The standard InChI is InChI=1S/C18H25N5O2/c1-13(2)12-22-8-10-23(11-9-22)18(24)20-16-7-5-4-6-15(16)17-19-14(3)25-21-17/h4-7,13H,8-12H2,1-3H3,(H,20,24). The first-order valence-electron chi connectivity index (χ1n) is 8.71. The van der Waals surface area contributed by atoms with Crippen molar-refractivity contribution in [3.8, 4) is 11.4 Å². The van der Waals surface area contributed by atoms with Gasteiger partial charge in [0.2, 0.25) is 11.7 Å². The number of nitrogens with one attached hydrogen (secondary N) is 1. The third-order valence-electron chi connectivity index (χ3n) is 4.22. The molecule has 2 heterocycles. The van der Waals surface area contributed by atoms with Crippen LogP contribution >= 0.6 is 0 Å². The molecule has 1 aromatic heterocycles. The summed E-state index contributed by atoms with van der Waals surface area (Å²) in [5, 5.41) is 6.94. The maximum atomic E-state index is 12.6. The molecule has 0 saturated carbocycles. The van der Waals surface area contributed by atoms with Gasteiger partial charge in [-0.15, -0.1) is 0 Å². The predicted octanol–water partition coefficient (Wildman–Crippen LogP) is 2.85. The highest BCUT2D eigenvalue weighted by molar-refractivity contribution is 5.93. The van der Waals surface area contributed by atoms with E-state index in [2.05, 4.69) is 34.2 Å². The van der Waals surface area contributed by atoms with E-state index < -0.39 is 0 Å². The van der Waals surface area contributed by atoms with Crippen molar-refractivity contribution in [2.75, 3.05) is 38.0 Å². The SMILES string of the molecule is Cc1nc(-c2ccccc2NC(=O)N2CCN(CC(C)C)CC2)no1. The summed E-state index contributed by atoms with van der Waals surface area (Å²) >= 11 is 0. The number of amides is 2. The number of aromatic nitrogens is 2. The molecule has 2 aromatic rings. The van der Waals surface area contributed by atoms with E-state index in [4.69, 9.17) is 4.52 Å². The second kappa shape index (κ2) is 7.65. The fraction of sp³-hybridized carbons (Fsp3) is 0.500. The van der Waals surface area contributed by atoms with Gasteiger partial charge in [-0.1, -0.05) is 31.1 Å². The molecule has 1 aliphatic rings. The van der Waals surface area contributed by atoms with Gasteiger partial charge in [0.05, 0.1) is 5.69 Å². The quantitative estimate of drug-likeness (QED) is 0.924. The first kappa shape index (κ1) is 17.4. The van der Waals surface area contributed by atoms with E-state index in [1.54, 1.807) is 6.92 Å². The van der Waals surface area contributed by atoms with Crippen LogP contribution in [0.15, 0.2) is 28.8 Å². The fourth-order valence-corrected chi connectivity index (χ4v) is 3.04. The molecule has 0 radical (unpaired) electrons. The number of rotatable bonds is 4. The minimum absolute atomic E-state index is 0.0862. The molecule has 3 rings (SSSR count). The summed E-state index contributed by atoms with van der Waals surface area (Å²) in [4.78, 5) is 21.1. The summed E-state index contributed by atoms with van der Waals surface area (Å²) in [5.74, 6) is 1.62. The van der Waals surface area contributed by atoms with Gasteiger partial charge in [-0.05, 0) is 18.1 Å². The van der Waals surface area contributed by atoms with Gasteiger partial charge in [-0.3, -0.25) is 4.90 Å². The Morgan fingerprint density at radius 3 is 2.60 bits per heavy atom. The zero-order valence-corrected chi connectivity index (χ0v) is 15.0. The van der Waals surface area contributed by atoms with Crippen LogP contribution < -0.4 is 5.32 Å². The lowest BCUT2D eigenvalue weighted by atomic mass is 10.1. The van der Waals surface area contributed by atoms with Crippen molar-refractivity contribution >= 4 is 11.7 Å². The van der Waals surface area contributed by atoms with Gasteiger partial charge in [0.1, 0.15) is 0 Å². The minimum Gasteiger partial charge on any atom is -0.339 e. The van der Waals surface area contributed by atoms with E-state index in [0.29, 0.717) is 23.3 Å². The molecule has 0 unspecified atom stereocenters. The van der Waals surface area contributed by atoms with Crippen LogP contribution in [0.2, 0.25) is 0 Å². The van der Waals surface area contributed by atoms with Gasteiger partial charge < -0.3 is 14.7 Å². The predicted molar refractivity (Wildman–Crippen MR) is 96.3 cm³/mol. The Morgan fingerprint density at radius 1 is 1.24 bits per heavy atom. The Kier molecular flexibility index (Phi) is 5.33. The van der Waals surface area contributed by atoms with E-state index in [1.807, 2.05) is 29.2 Å². The highest BCUT2D eigenvalue weighted by Crippen LogP contribution is 2.25. The van der Waals surface area contributed by atoms with E-state index in [1.165, 1.54) is 0 Å². The maximum Gasteiger partial charge on any atom is 0.321 e. The van der Waals surface area contributed by atoms with Crippen molar-refractivity contribution in [2.45, 2.75) is 20.8 Å². The second-order valence-corrected chi connectivity index (χ2v) is 6.79. The van der Waals surface area contributed by atoms with Crippen LogP contribution in [0.4, 0.5) is 10.5 Å². The van der Waals surface area contributed by atoms with Gasteiger partial charge in [0.15, 0.2) is 0 Å². The van der Waals surface area contributed by atoms with Gasteiger partial charge in [0, 0.05) is 45.2 Å². The number of carbonyl (C=O) groups is 1. The number of anilines is 1. The Balaban J connectivity index is 1.64. The normalized spacial score (nSPS) is 15.6. The molecule has 7 nitrogen and oxygen atoms in total. The van der Waals surface area contributed by atoms with E-state index in [0.717, 1.165) is 38.3 Å². The summed E-state index contributed by atoms with van der Waals surface area (Å²) < 4.78 is 5.05. The number of hydrogen-bond donors (Lipinski definition) is 1. The van der Waals surface area contributed by atoms with E-state index in [9.17, 15) is 4.79 Å². The average Bonchev–Trinajstić information content (AvgIpc) is 3.02. The molecule has 0 aliphatic carbocycles. The van der Waals surface area contributed by atoms with Crippen LogP contribution in [0.1, 0.15) is 19.7 Å². The Hall–Kier alpha value is -2.41. The average molecular weight is 343 g/mol. The van der Waals surface area contributed by atoms with Crippen molar-refractivity contribution in [3.63, 3.8) is 0 Å². The van der Waals surface area contributed by atoms with Crippen LogP contribution in [-0.2, 0) is 0 Å². The largest absolute Gasteiger partial charge is 0.339 e. The Morgan fingerprint density at radius 2 is 1.96 bits per heavy atom. The number of urea groups is 1. The van der Waals surface area contributed by atoms with Gasteiger partial charge in [-0.2, -0.15) is 4.98 Å². The lowest BCUT2D eigenvalue weighted by Gasteiger charge is -2.35. The molecule has 1 saturated heterocycles. The van der Waals surface area contributed by atoms with Crippen LogP contribution in [0.25, 0.3) is 11.4 Å². The fourth-order valence-electron chi connectivity index (χ4n) is 3.04. The summed E-state index contributed by atoms with van der Waals surface area (Å²) in [7, 11) is 0. The Labute approximate surface area is 148 Å². The first-order valence-corrected chi connectivity index (χ1v) is 8.71. The summed E-state index contributed by atoms with van der Waals surface area (Å²) in [6.07, 6.45) is 0. The smallest absolute Gasteiger partial charge is 0.321 e. The molecule has 7 heteroatoms. The van der Waals surface area contributed by atoms with Crippen molar-refractivity contribution in [3.05, 3.63) is 30.2 Å². The number of hydrogen-bond acceptors (Lipinski definition) is 5. The van der Waals surface area contributed by atoms with E-state index in [-0.39, 0.29) is 6.03 Å². The molecule has 0 spiro atoms. The zero-order chi connectivity index (χ0) is 17.8. The number of benzene rings is 1. The van der Waals surface area contributed by atoms with E-state index >= 15 is 0 Å². The monoisotopic (exact) mass is 343 g/mol. The van der Waals surface area contributed by atoms with Gasteiger partial charge in [0.25, 0.3) is 0 Å². The molecule has 0 bridgehead atoms. The topological polar surface area (TPSA) is 74.5 Å². The molecule has 0 atom stereocenters. The van der Waals surface area contributed by atoms with Crippen molar-refractivity contribution < 1.29 is 9.32 Å². The number of aryl methyl sites for hydroxylation is 1.